The van der Waals surface area contributed by atoms with Crippen molar-refractivity contribution in [3.63, 3.8) is 0 Å². The first-order valence-electron chi connectivity index (χ1n) is 6.84. The van der Waals surface area contributed by atoms with Crippen molar-refractivity contribution in [3.05, 3.63) is 70.9 Å². The normalized spacial score (nSPS) is 10.8. The molecule has 0 aliphatic rings. The molecule has 0 bridgehead atoms. The number of hydrogen-bond donors (Lipinski definition) is 1. The molecule has 112 valence electrons. The van der Waals surface area contributed by atoms with Crippen molar-refractivity contribution < 1.29 is 9.57 Å². The van der Waals surface area contributed by atoms with Gasteiger partial charge < -0.3 is 4.74 Å². The number of hydrogen-bond acceptors (Lipinski definition) is 4. The van der Waals surface area contributed by atoms with Crippen LogP contribution in [0.25, 0.3) is 10.9 Å². The summed E-state index contributed by atoms with van der Waals surface area (Å²) in [5.74, 6) is 5.73. The lowest BCUT2D eigenvalue weighted by molar-refractivity contribution is 0.124. The number of benzene rings is 2. The smallest absolute Gasteiger partial charge is 0.130 e. The molecule has 0 unspecified atom stereocenters. The predicted molar refractivity (Wildman–Crippen MR) is 86.5 cm³/mol. The summed E-state index contributed by atoms with van der Waals surface area (Å²) in [5.41, 5.74) is 2.64. The summed E-state index contributed by atoms with van der Waals surface area (Å²) in [6.07, 6.45) is 0. The number of rotatable bonds is 5. The summed E-state index contributed by atoms with van der Waals surface area (Å²) in [7, 11) is 0. The monoisotopic (exact) mass is 314 g/mol. The Balaban J connectivity index is 1.72. The molecule has 5 heteroatoms. The molecular weight excluding hydrogens is 300 g/mol. The topological polar surface area (TPSA) is 57.4 Å². The van der Waals surface area contributed by atoms with E-state index in [0.717, 1.165) is 22.2 Å². The Bertz CT molecular complexity index is 792. The minimum absolute atomic E-state index is 0.269. The van der Waals surface area contributed by atoms with Crippen LogP contribution in [-0.4, -0.2) is 4.98 Å². The molecule has 1 aromatic heterocycles. The van der Waals surface area contributed by atoms with Crippen LogP contribution in [0.15, 0.2) is 54.6 Å². The van der Waals surface area contributed by atoms with Crippen LogP contribution in [0.5, 0.6) is 5.75 Å². The predicted octanol–water partition coefficient (Wildman–Crippen LogP) is 3.86. The zero-order chi connectivity index (χ0) is 15.4. The van der Waals surface area contributed by atoms with Crippen molar-refractivity contribution in [2.24, 2.45) is 5.90 Å². The maximum absolute atomic E-state index is 6.14. The van der Waals surface area contributed by atoms with Gasteiger partial charge in [-0.25, -0.2) is 10.9 Å². The average Bonchev–Trinajstić information content (AvgIpc) is 2.55. The quantitative estimate of drug-likeness (QED) is 0.727. The van der Waals surface area contributed by atoms with Crippen LogP contribution >= 0.6 is 11.6 Å². The maximum Gasteiger partial charge on any atom is 0.130 e. The van der Waals surface area contributed by atoms with Crippen molar-refractivity contribution in [1.82, 2.24) is 4.98 Å². The second kappa shape index (κ2) is 6.75. The van der Waals surface area contributed by atoms with Crippen LogP contribution in [0.2, 0.25) is 5.02 Å². The zero-order valence-electron chi connectivity index (χ0n) is 11.8. The molecule has 0 radical (unpaired) electrons. The van der Waals surface area contributed by atoms with E-state index in [4.69, 9.17) is 22.2 Å². The second-order valence-electron chi connectivity index (χ2n) is 4.85. The molecule has 0 spiro atoms. The Morgan fingerprint density at radius 1 is 1.00 bits per heavy atom. The molecule has 0 aliphatic heterocycles. The van der Waals surface area contributed by atoms with Crippen molar-refractivity contribution in [1.29, 1.82) is 0 Å². The molecule has 0 saturated heterocycles. The molecule has 4 nitrogen and oxygen atoms in total. The van der Waals surface area contributed by atoms with Crippen LogP contribution in [0.3, 0.4) is 0 Å². The van der Waals surface area contributed by atoms with Crippen LogP contribution in [0, 0.1) is 0 Å². The summed E-state index contributed by atoms with van der Waals surface area (Å²) in [6, 6.07) is 17.4. The number of nitrogens with zero attached hydrogens (tertiary/aromatic N) is 1. The van der Waals surface area contributed by atoms with E-state index >= 15 is 0 Å². The first-order chi connectivity index (χ1) is 10.8. The Kier molecular flexibility index (Phi) is 4.53. The van der Waals surface area contributed by atoms with E-state index in [-0.39, 0.29) is 6.61 Å². The van der Waals surface area contributed by atoms with Crippen molar-refractivity contribution >= 4 is 22.5 Å². The standard InChI is InChI=1S/C17H15ClN2O2/c18-16-9-15(8-6-13(16)10-22-19)21-11-14-7-5-12-3-1-2-4-17(12)20-14/h1-9H,10-11,19H2. The summed E-state index contributed by atoms with van der Waals surface area (Å²) < 4.78 is 5.74. The molecule has 0 aliphatic carbocycles. The van der Waals surface area contributed by atoms with Crippen LogP contribution in [0.1, 0.15) is 11.3 Å². The third-order valence-corrected chi connectivity index (χ3v) is 3.66. The molecule has 3 aromatic rings. The summed E-state index contributed by atoms with van der Waals surface area (Å²) in [4.78, 5) is 9.15. The molecule has 3 rings (SSSR count). The van der Waals surface area contributed by atoms with Crippen LogP contribution < -0.4 is 10.6 Å². The summed E-state index contributed by atoms with van der Waals surface area (Å²) >= 11 is 6.14. The minimum Gasteiger partial charge on any atom is -0.487 e. The zero-order valence-corrected chi connectivity index (χ0v) is 12.6. The van der Waals surface area contributed by atoms with Gasteiger partial charge in [-0.2, -0.15) is 0 Å². The van der Waals surface area contributed by atoms with E-state index < -0.39 is 0 Å². The average molecular weight is 315 g/mol. The van der Waals surface area contributed by atoms with Gasteiger partial charge in [-0.3, -0.25) is 4.84 Å². The van der Waals surface area contributed by atoms with Crippen molar-refractivity contribution in [3.8, 4) is 5.75 Å². The van der Waals surface area contributed by atoms with E-state index in [1.807, 2.05) is 48.5 Å². The summed E-state index contributed by atoms with van der Waals surface area (Å²) in [6.45, 7) is 0.652. The van der Waals surface area contributed by atoms with Gasteiger partial charge in [0, 0.05) is 10.4 Å². The van der Waals surface area contributed by atoms with Crippen molar-refractivity contribution in [2.75, 3.05) is 0 Å². The third-order valence-electron chi connectivity index (χ3n) is 3.31. The number of ether oxygens (including phenoxy) is 1. The molecule has 2 aromatic carbocycles. The number of pyridine rings is 1. The largest absolute Gasteiger partial charge is 0.487 e. The minimum atomic E-state index is 0.269. The Labute approximate surface area is 133 Å². The molecule has 0 fully saturated rings. The fourth-order valence-electron chi connectivity index (χ4n) is 2.17. The van der Waals surface area contributed by atoms with Crippen LogP contribution in [0.4, 0.5) is 0 Å². The van der Waals surface area contributed by atoms with E-state index in [0.29, 0.717) is 17.4 Å². The van der Waals surface area contributed by atoms with Gasteiger partial charge in [0.05, 0.1) is 17.8 Å². The van der Waals surface area contributed by atoms with Crippen molar-refractivity contribution in [2.45, 2.75) is 13.2 Å². The highest BCUT2D eigenvalue weighted by Crippen LogP contribution is 2.23. The molecule has 1 heterocycles. The highest BCUT2D eigenvalue weighted by atomic mass is 35.5. The number of nitrogens with two attached hydrogens (primary N) is 1. The molecule has 22 heavy (non-hydrogen) atoms. The second-order valence-corrected chi connectivity index (χ2v) is 5.26. The lowest BCUT2D eigenvalue weighted by Crippen LogP contribution is -2.01. The number of para-hydroxylation sites is 1. The van der Waals surface area contributed by atoms with Gasteiger partial charge in [0.2, 0.25) is 0 Å². The number of fused-ring (bicyclic) bond motifs is 1. The highest BCUT2D eigenvalue weighted by molar-refractivity contribution is 6.31. The number of halogens is 1. The van der Waals surface area contributed by atoms with E-state index in [1.54, 1.807) is 6.07 Å². The molecular formula is C17H15ClN2O2. The third kappa shape index (κ3) is 3.36. The van der Waals surface area contributed by atoms with E-state index in [2.05, 4.69) is 9.82 Å². The fraction of sp³-hybridized carbons (Fsp3) is 0.118. The molecule has 0 saturated carbocycles. The molecule has 2 N–H and O–H groups in total. The molecule has 0 atom stereocenters. The molecule has 0 amide bonds. The first kappa shape index (κ1) is 14.8. The lowest BCUT2D eigenvalue weighted by Gasteiger charge is -2.09. The van der Waals surface area contributed by atoms with Gasteiger partial charge in [0.1, 0.15) is 12.4 Å². The lowest BCUT2D eigenvalue weighted by atomic mass is 10.2. The Hall–Kier alpha value is -2.14. The SMILES string of the molecule is NOCc1ccc(OCc2ccc3ccccc3n2)cc1Cl. The van der Waals surface area contributed by atoms with Crippen LogP contribution in [-0.2, 0) is 18.1 Å². The van der Waals surface area contributed by atoms with Gasteiger partial charge in [-0.1, -0.05) is 41.9 Å². The van der Waals surface area contributed by atoms with Gasteiger partial charge in [0.25, 0.3) is 0 Å². The van der Waals surface area contributed by atoms with Gasteiger partial charge in [-0.05, 0) is 29.8 Å². The fourth-order valence-corrected chi connectivity index (χ4v) is 2.40. The first-order valence-corrected chi connectivity index (χ1v) is 7.21. The highest BCUT2D eigenvalue weighted by Gasteiger charge is 2.04. The van der Waals surface area contributed by atoms with E-state index in [9.17, 15) is 0 Å². The summed E-state index contributed by atoms with van der Waals surface area (Å²) in [5, 5.41) is 1.68. The Morgan fingerprint density at radius 2 is 1.86 bits per heavy atom. The maximum atomic E-state index is 6.14. The van der Waals surface area contributed by atoms with Gasteiger partial charge >= 0.3 is 0 Å². The van der Waals surface area contributed by atoms with Gasteiger partial charge in [-0.15, -0.1) is 0 Å². The van der Waals surface area contributed by atoms with Gasteiger partial charge in [0.15, 0.2) is 0 Å². The number of aromatic nitrogens is 1. The van der Waals surface area contributed by atoms with E-state index in [1.165, 1.54) is 0 Å². The Morgan fingerprint density at radius 3 is 2.68 bits per heavy atom.